The number of primary amides is 1. The number of hydrogen-bond donors (Lipinski definition) is 1. The van der Waals surface area contributed by atoms with Crippen LogP contribution in [-0.4, -0.2) is 311 Å². The number of likely N-dealkylation sites (N-methyl/N-ethyl adjacent to an activating group) is 3. The van der Waals surface area contributed by atoms with Crippen LogP contribution in [0.4, 0.5) is 5.69 Å². The maximum atomic E-state index is 11.5. The van der Waals surface area contributed by atoms with E-state index in [1.807, 2.05) is 25.1 Å². The Morgan fingerprint density at radius 3 is 1.23 bits per heavy atom. The molecule has 7 saturated heterocycles. The van der Waals surface area contributed by atoms with Gasteiger partial charge in [0.2, 0.25) is 15.9 Å². The zero-order chi connectivity index (χ0) is 104. The van der Waals surface area contributed by atoms with E-state index in [2.05, 4.69) is 373 Å². The van der Waals surface area contributed by atoms with Crippen LogP contribution >= 0.6 is 0 Å². The molecule has 0 saturated carbocycles. The van der Waals surface area contributed by atoms with Crippen LogP contribution in [0.2, 0.25) is 0 Å². The zero-order valence-electron chi connectivity index (χ0n) is 92.6. The van der Waals surface area contributed by atoms with E-state index in [4.69, 9.17) is 19.9 Å². The molecule has 24 heteroatoms. The lowest BCUT2D eigenvalue weighted by Crippen LogP contribution is -2.47. The molecule has 0 aromatic heterocycles. The molecule has 7 fully saturated rings. The maximum absolute atomic E-state index is 11.5. The molecule has 7 aliphatic heterocycles. The lowest BCUT2D eigenvalue weighted by atomic mass is 9.85. The molecule has 2 atom stereocenters. The molecule has 2 N–H and O–H groups in total. The van der Waals surface area contributed by atoms with Crippen LogP contribution in [0, 0.1) is 0 Å². The van der Waals surface area contributed by atoms with Crippen molar-refractivity contribution >= 4 is 37.4 Å². The molecule has 0 spiro atoms. The molecule has 7 heterocycles. The molecule has 7 aromatic carbocycles. The number of carbonyl (C=O) groups excluding carboxylic acids is 2. The van der Waals surface area contributed by atoms with Gasteiger partial charge in [-0.25, -0.2) is 16.8 Å². The average Bonchev–Trinajstić information content (AvgIpc) is 1.74. The van der Waals surface area contributed by atoms with E-state index < -0.39 is 19.9 Å². The predicted molar refractivity (Wildman–Crippen MR) is 590 cm³/mol. The fourth-order valence-corrected chi connectivity index (χ4v) is 20.1. The van der Waals surface area contributed by atoms with Gasteiger partial charge in [0.15, 0.2) is 9.84 Å². The lowest BCUT2D eigenvalue weighted by molar-refractivity contribution is -0.144. The molecule has 7 aromatic rings. The van der Waals surface area contributed by atoms with Gasteiger partial charge in [0.05, 0.1) is 44.6 Å². The van der Waals surface area contributed by atoms with E-state index in [0.29, 0.717) is 51.8 Å². The number of ether oxygens (including phenoxy) is 3. The number of sulfonamides is 1. The van der Waals surface area contributed by atoms with Crippen LogP contribution in [0.1, 0.15) is 251 Å². The van der Waals surface area contributed by atoms with Crippen molar-refractivity contribution in [1.82, 2.24) is 53.3 Å². The number of nitrogens with zero attached hydrogens (tertiary/aromatic N) is 12. The van der Waals surface area contributed by atoms with Gasteiger partial charge in [-0.15, -0.1) is 0 Å². The van der Waals surface area contributed by atoms with Crippen LogP contribution < -0.4 is 20.1 Å². The molecule has 2 unspecified atom stereocenters. The molecule has 0 aliphatic carbocycles. The highest BCUT2D eigenvalue weighted by atomic mass is 32.2. The zero-order valence-corrected chi connectivity index (χ0v) is 94.3. The van der Waals surface area contributed by atoms with Crippen LogP contribution in [0.15, 0.2) is 164 Å². The van der Waals surface area contributed by atoms with Crippen molar-refractivity contribution in [3.05, 3.63) is 231 Å². The quantitative estimate of drug-likeness (QED) is 0.0629. The first-order valence-corrected chi connectivity index (χ1v) is 56.0. The summed E-state index contributed by atoms with van der Waals surface area (Å²) in [6.45, 7) is 81.7. The minimum atomic E-state index is -3.11. The molecule has 141 heavy (non-hydrogen) atoms. The Labute approximate surface area is 856 Å². The van der Waals surface area contributed by atoms with Gasteiger partial charge >= 0.3 is 5.97 Å². The minimum absolute atomic E-state index is 0.0556. The number of hydrogen-bond acceptors (Lipinski definition) is 20. The van der Waals surface area contributed by atoms with Crippen LogP contribution in [0.5, 0.6) is 11.5 Å². The van der Waals surface area contributed by atoms with Gasteiger partial charge in [0.1, 0.15) is 17.6 Å². The number of esters is 1. The van der Waals surface area contributed by atoms with Crippen molar-refractivity contribution in [3.8, 4) is 11.5 Å². The number of rotatable bonds is 22. The Bertz CT molecular complexity index is 5140. The lowest BCUT2D eigenvalue weighted by Gasteiger charge is -2.37. The van der Waals surface area contributed by atoms with Crippen molar-refractivity contribution < 1.29 is 40.6 Å². The number of sulfone groups is 1. The molecule has 0 radical (unpaired) electrons. The standard InChI is InChI=1S/C19H31N3O.C19H30N2O2.C17H28N2O.C17H28N2.C16H26N2.C15H23NO3S.C14H21NO2S/c1-19(2,3)17-7-4-6-16(14-17)15-22-12-10-21(11-13-22)9-5-8-18(20)23;1-5-23-18(22)15-21-11-9-20(10-12-21)14-16-7-6-8-17(13-16)19(2,3)4;1-17(2,3)15-10-14(11-16(12-15)20-5)13-19-8-6-18(4)7-9-19;1-14(19-11-9-18(5)10-12-19)15-7-6-8-16(13-15)17(2,3)4;1-16(2,3)15-7-5-14(6-8-15)13-18-11-9-17(4)10-12-18;1-15(2,3)12-6-5-7-13(10-12)19-14-8-9-16(11-14)20(4,17)18;1-14(2,3)12-5-4-6-13(11-12)15-7-9-18(16,17)10-8-15/h4,6-7,14H,5,8-13,15H2,1-3H3,(H2,20,23);6-8,13H,5,9-12,14-15H2,1-4H3;10-12H,6-9,13H2,1-5H3;6-8,13-14H,9-12H2,1-5H3;5-8H,9-13H2,1-4H3;5-7,10,14H,8-9,11H2,1-4H3;4-6,11H,7-10H2,1-3H3. The Morgan fingerprint density at radius 1 is 0.411 bits per heavy atom. The number of piperazine rings is 5. The number of carbonyl (C=O) groups is 2. The van der Waals surface area contributed by atoms with Crippen LogP contribution in [0.25, 0.3) is 0 Å². The number of nitrogens with two attached hydrogens (primary N) is 1. The normalized spacial score (nSPS) is 19.0. The molecule has 7 aliphatic rings. The topological polar surface area (TPSA) is 195 Å². The van der Waals surface area contributed by atoms with Crippen molar-refractivity contribution in [2.45, 2.75) is 255 Å². The Hall–Kier alpha value is -7.66. The van der Waals surface area contributed by atoms with Gasteiger partial charge in [-0.3, -0.25) is 39.0 Å². The van der Waals surface area contributed by atoms with Crippen LogP contribution in [-0.2, 0) is 98.3 Å². The Kier molecular flexibility index (Phi) is 45.5. The smallest absolute Gasteiger partial charge is 0.320 e. The van der Waals surface area contributed by atoms with Gasteiger partial charge in [-0.2, -0.15) is 4.31 Å². The summed E-state index contributed by atoms with van der Waals surface area (Å²) in [5.41, 5.74) is 24.1. The molecular weight excluding hydrogens is 1800 g/mol. The maximum Gasteiger partial charge on any atom is 0.320 e. The summed E-state index contributed by atoms with van der Waals surface area (Å²) in [7, 11) is 2.45. The molecule has 14 rings (SSSR count). The van der Waals surface area contributed by atoms with Crippen molar-refractivity contribution in [2.24, 2.45) is 5.73 Å². The van der Waals surface area contributed by atoms with Crippen LogP contribution in [0.3, 0.4) is 0 Å². The molecule has 786 valence electrons. The number of amides is 1. The highest BCUT2D eigenvalue weighted by Crippen LogP contribution is 2.35. The number of benzene rings is 7. The molecular formula is C117H187N13O9S2. The van der Waals surface area contributed by atoms with E-state index in [9.17, 15) is 26.4 Å². The summed E-state index contributed by atoms with van der Waals surface area (Å²) in [4.78, 5) is 49.0. The second-order valence-electron chi connectivity index (χ2n) is 47.6. The van der Waals surface area contributed by atoms with Crippen molar-refractivity contribution in [3.63, 3.8) is 0 Å². The summed E-state index contributed by atoms with van der Waals surface area (Å²) < 4.78 is 63.7. The van der Waals surface area contributed by atoms with Gasteiger partial charge in [0, 0.05) is 195 Å². The van der Waals surface area contributed by atoms with Gasteiger partial charge < -0.3 is 44.4 Å². The molecule has 22 nitrogen and oxygen atoms in total. The highest BCUT2D eigenvalue weighted by molar-refractivity contribution is 7.91. The fraction of sp³-hybridized carbons (Fsp3) is 0.624. The predicted octanol–water partition coefficient (Wildman–Crippen LogP) is 18.4. The summed E-state index contributed by atoms with van der Waals surface area (Å²) in [5.74, 6) is 2.03. The van der Waals surface area contributed by atoms with Gasteiger partial charge in [0.25, 0.3) is 0 Å². The van der Waals surface area contributed by atoms with Gasteiger partial charge in [-0.1, -0.05) is 273 Å². The molecule has 1 amide bonds. The summed E-state index contributed by atoms with van der Waals surface area (Å²) in [6.07, 6.45) is 3.31. The minimum Gasteiger partial charge on any atom is -0.497 e. The van der Waals surface area contributed by atoms with E-state index >= 15 is 0 Å². The van der Waals surface area contributed by atoms with Gasteiger partial charge in [-0.05, 0) is 195 Å². The highest BCUT2D eigenvalue weighted by Gasteiger charge is 2.33. The van der Waals surface area contributed by atoms with E-state index in [-0.39, 0.29) is 67.4 Å². The Morgan fingerprint density at radius 2 is 0.794 bits per heavy atom. The second-order valence-corrected chi connectivity index (χ2v) is 51.9. The average molecular weight is 1980 g/mol. The summed E-state index contributed by atoms with van der Waals surface area (Å²) >= 11 is 0. The summed E-state index contributed by atoms with van der Waals surface area (Å²) in [5, 5.41) is 0. The third-order valence-corrected chi connectivity index (χ3v) is 31.0. The third-order valence-electron chi connectivity index (χ3n) is 28.1. The largest absolute Gasteiger partial charge is 0.497 e. The number of methoxy groups -OCH3 is 1. The van der Waals surface area contributed by atoms with Crippen molar-refractivity contribution in [1.29, 1.82) is 0 Å². The van der Waals surface area contributed by atoms with E-state index in [0.717, 1.165) is 141 Å². The van der Waals surface area contributed by atoms with E-state index in [1.54, 1.807) is 7.11 Å². The Balaban J connectivity index is 0.000000202. The first kappa shape index (κ1) is 119. The van der Waals surface area contributed by atoms with E-state index in [1.165, 1.54) is 130 Å². The SMILES string of the molecule is CC(C)(C)c1cccc(CN2CCN(CCCC(N)=O)CC2)c1.CC(C)(C)c1cccc(N2CCS(=O)(=O)CC2)c1.CC(C)(C)c1cccc(OC2CCN(S(C)(=O)=O)C2)c1.CC(c1cccc(C(C)(C)C)c1)N1CCN(C)CC1.CCOC(=O)CN1CCN(Cc2cccc(C(C)(C)C)c2)CC1.CN1CCN(Cc2ccc(C(C)(C)C)cc2)CC1.COc1cc(CN2CCN(C)CC2)cc(C(C)(C)C)c1. The third kappa shape index (κ3) is 42.4. The molecule has 0 bridgehead atoms. The first-order chi connectivity index (χ1) is 65.9. The number of anilines is 1. The monoisotopic (exact) mass is 1980 g/mol. The fourth-order valence-electron chi connectivity index (χ4n) is 18.0. The first-order valence-electron chi connectivity index (χ1n) is 52.3. The second kappa shape index (κ2) is 54.1. The van der Waals surface area contributed by atoms with Crippen molar-refractivity contribution in [2.75, 3.05) is 228 Å². The summed E-state index contributed by atoms with van der Waals surface area (Å²) in [6, 6.07) is 59.8.